The first-order valence-corrected chi connectivity index (χ1v) is 12.9. The molecule has 0 amide bonds. The van der Waals surface area contributed by atoms with Gasteiger partial charge in [0.15, 0.2) is 0 Å². The van der Waals surface area contributed by atoms with Gasteiger partial charge in [-0.1, -0.05) is 32.1 Å². The lowest BCUT2D eigenvalue weighted by molar-refractivity contribution is 0.307. The highest BCUT2D eigenvalue weighted by Crippen LogP contribution is 2.34. The van der Waals surface area contributed by atoms with Crippen LogP contribution in [0.1, 0.15) is 33.1 Å². The largest absolute Gasteiger partial charge is 0.497 e. The van der Waals surface area contributed by atoms with Gasteiger partial charge in [-0.2, -0.15) is 0 Å². The van der Waals surface area contributed by atoms with Crippen LogP contribution in [0, 0.1) is 0 Å². The molecule has 2 aliphatic rings. The second-order valence-electron chi connectivity index (χ2n) is 9.29. The highest BCUT2D eigenvalue weighted by atomic mass is 16.5. The molecular weight excluding hydrogens is 466 g/mol. The number of nitrogens with one attached hydrogen (secondary N) is 1. The average molecular weight is 508 g/mol. The Balaban J connectivity index is 1.85. The van der Waals surface area contributed by atoms with E-state index >= 15 is 0 Å². The minimum absolute atomic E-state index is 0.0107. The van der Waals surface area contributed by atoms with Gasteiger partial charge in [-0.25, -0.2) is 0 Å². The SMILES string of the molecule is COc1cc(OC)cc(N(CCNC(C)C)C2C=C3CCC=C(C(C=NCCO)=CN)C=NC3=CC2)c1. The Morgan fingerprint density at radius 1 is 1.24 bits per heavy atom. The molecule has 0 aromatic heterocycles. The fraction of sp³-hybridized carbons (Fsp3) is 0.448. The predicted molar refractivity (Wildman–Crippen MR) is 153 cm³/mol. The number of fused-ring (bicyclic) bond motifs is 1. The maximum atomic E-state index is 8.99. The maximum absolute atomic E-state index is 8.99. The van der Waals surface area contributed by atoms with Gasteiger partial charge in [-0.05, 0) is 30.4 Å². The fourth-order valence-corrected chi connectivity index (χ4v) is 4.43. The third-order valence-corrected chi connectivity index (χ3v) is 6.34. The normalized spacial score (nSPS) is 18.1. The van der Waals surface area contributed by atoms with Crippen molar-refractivity contribution < 1.29 is 14.6 Å². The van der Waals surface area contributed by atoms with E-state index in [0.29, 0.717) is 12.6 Å². The highest BCUT2D eigenvalue weighted by molar-refractivity contribution is 5.99. The summed E-state index contributed by atoms with van der Waals surface area (Å²) in [6.07, 6.45) is 14.4. The molecule has 4 N–H and O–H groups in total. The minimum atomic E-state index is 0.0107. The average Bonchev–Trinajstić information content (AvgIpc) is 2.89. The Labute approximate surface area is 221 Å². The second kappa shape index (κ2) is 14.4. The molecule has 0 bridgehead atoms. The summed E-state index contributed by atoms with van der Waals surface area (Å²) in [7, 11) is 3.36. The van der Waals surface area contributed by atoms with Crippen LogP contribution < -0.4 is 25.4 Å². The Morgan fingerprint density at radius 2 is 2.00 bits per heavy atom. The molecule has 0 fully saturated rings. The number of aliphatic imine (C=N–C) groups is 2. The molecule has 3 rings (SSSR count). The summed E-state index contributed by atoms with van der Waals surface area (Å²) in [6, 6.07) is 6.64. The summed E-state index contributed by atoms with van der Waals surface area (Å²) in [4.78, 5) is 11.4. The molecule has 1 atom stereocenters. The number of benzene rings is 1. The van der Waals surface area contributed by atoms with Crippen molar-refractivity contribution in [1.29, 1.82) is 0 Å². The van der Waals surface area contributed by atoms with Crippen molar-refractivity contribution in [1.82, 2.24) is 5.32 Å². The Hall–Kier alpha value is -3.36. The molecule has 1 aliphatic carbocycles. The summed E-state index contributed by atoms with van der Waals surface area (Å²) in [5.74, 6) is 1.55. The van der Waals surface area contributed by atoms with E-state index in [4.69, 9.17) is 25.3 Å². The van der Waals surface area contributed by atoms with Crippen LogP contribution in [0.5, 0.6) is 11.5 Å². The van der Waals surface area contributed by atoms with Crippen molar-refractivity contribution >= 4 is 18.1 Å². The molecule has 1 unspecified atom stereocenters. The van der Waals surface area contributed by atoms with Crippen LogP contribution in [0.3, 0.4) is 0 Å². The summed E-state index contributed by atoms with van der Waals surface area (Å²) >= 11 is 0. The summed E-state index contributed by atoms with van der Waals surface area (Å²) < 4.78 is 11.1. The van der Waals surface area contributed by atoms with E-state index in [1.54, 1.807) is 20.4 Å². The van der Waals surface area contributed by atoms with Crippen LogP contribution in [-0.2, 0) is 0 Å². The van der Waals surface area contributed by atoms with Crippen LogP contribution in [0.15, 0.2) is 75.0 Å². The molecular formula is C29H41N5O3. The van der Waals surface area contributed by atoms with Crippen LogP contribution in [0.4, 0.5) is 5.69 Å². The lowest BCUT2D eigenvalue weighted by atomic mass is 9.93. The number of ether oxygens (including phenoxy) is 2. The number of anilines is 1. The van der Waals surface area contributed by atoms with Gasteiger partial charge >= 0.3 is 0 Å². The second-order valence-corrected chi connectivity index (χ2v) is 9.29. The van der Waals surface area contributed by atoms with Crippen molar-refractivity contribution in [2.75, 3.05) is 45.4 Å². The van der Waals surface area contributed by atoms with E-state index in [-0.39, 0.29) is 12.6 Å². The number of nitrogens with zero attached hydrogens (tertiary/aromatic N) is 3. The van der Waals surface area contributed by atoms with Crippen LogP contribution in [0.2, 0.25) is 0 Å². The standard InChI is InChI=1S/C29H41N5O3/c1-21(2)32-10-12-34(26-15-27(36-3)17-28(16-26)37-4)25-8-9-29-22(14-25)6-5-7-23(20-33-29)24(18-30)19-31-11-13-35/h7,9,14-21,25,32,35H,5-6,8,10-13,30H2,1-4H3. The molecule has 0 spiro atoms. The first kappa shape index (κ1) is 28.2. The molecule has 37 heavy (non-hydrogen) atoms. The van der Waals surface area contributed by atoms with Crippen LogP contribution in [-0.4, -0.2) is 70.1 Å². The number of nitrogens with two attached hydrogens (primary N) is 1. The molecule has 0 saturated carbocycles. The van der Waals surface area contributed by atoms with Crippen molar-refractivity contribution in [3.8, 4) is 11.5 Å². The molecule has 0 radical (unpaired) electrons. The summed E-state index contributed by atoms with van der Waals surface area (Å²) in [5.41, 5.74) is 10.9. The van der Waals surface area contributed by atoms with Gasteiger partial charge in [-0.3, -0.25) is 9.98 Å². The molecule has 1 heterocycles. The quantitative estimate of drug-likeness (QED) is 0.372. The number of aliphatic hydroxyl groups excluding tert-OH is 1. The monoisotopic (exact) mass is 507 g/mol. The van der Waals surface area contributed by atoms with Gasteiger partial charge < -0.3 is 30.5 Å². The van der Waals surface area contributed by atoms with Gasteiger partial charge in [0, 0.05) is 67.2 Å². The number of hydrogen-bond donors (Lipinski definition) is 3. The smallest absolute Gasteiger partial charge is 0.124 e. The minimum Gasteiger partial charge on any atom is -0.497 e. The zero-order valence-corrected chi connectivity index (χ0v) is 22.5. The lowest BCUT2D eigenvalue weighted by Crippen LogP contribution is -2.41. The Kier molecular flexibility index (Phi) is 11.0. The molecule has 1 aromatic carbocycles. The number of aliphatic hydroxyl groups is 1. The van der Waals surface area contributed by atoms with E-state index in [1.807, 2.05) is 12.3 Å². The molecule has 200 valence electrons. The number of allylic oxidation sites excluding steroid dienone is 4. The number of methoxy groups -OCH3 is 2. The molecule has 8 heteroatoms. The van der Waals surface area contributed by atoms with Crippen molar-refractivity contribution in [2.24, 2.45) is 15.7 Å². The Morgan fingerprint density at radius 3 is 2.65 bits per heavy atom. The zero-order valence-electron chi connectivity index (χ0n) is 22.5. The highest BCUT2D eigenvalue weighted by Gasteiger charge is 2.23. The van der Waals surface area contributed by atoms with E-state index in [2.05, 4.69) is 59.4 Å². The number of rotatable bonds is 12. The first-order valence-electron chi connectivity index (χ1n) is 12.9. The van der Waals surface area contributed by atoms with Gasteiger partial charge in [-0.15, -0.1) is 0 Å². The van der Waals surface area contributed by atoms with Crippen LogP contribution >= 0.6 is 0 Å². The van der Waals surface area contributed by atoms with Crippen molar-refractivity contribution in [3.05, 3.63) is 65.0 Å². The fourth-order valence-electron chi connectivity index (χ4n) is 4.43. The Bertz CT molecular complexity index is 1060. The van der Waals surface area contributed by atoms with Gasteiger partial charge in [0.2, 0.25) is 0 Å². The number of hydrogen-bond acceptors (Lipinski definition) is 8. The van der Waals surface area contributed by atoms with Gasteiger partial charge in [0.25, 0.3) is 0 Å². The maximum Gasteiger partial charge on any atom is 0.124 e. The molecule has 1 aromatic rings. The topological polar surface area (TPSA) is 105 Å². The summed E-state index contributed by atoms with van der Waals surface area (Å²) in [6.45, 7) is 6.39. The van der Waals surface area contributed by atoms with Crippen LogP contribution in [0.25, 0.3) is 0 Å². The van der Waals surface area contributed by atoms with E-state index in [0.717, 1.165) is 66.4 Å². The first-order chi connectivity index (χ1) is 18.0. The zero-order chi connectivity index (χ0) is 26.6. The van der Waals surface area contributed by atoms with Crippen molar-refractivity contribution in [3.63, 3.8) is 0 Å². The predicted octanol–water partition coefficient (Wildman–Crippen LogP) is 3.79. The molecule has 1 aliphatic heterocycles. The van der Waals surface area contributed by atoms with Gasteiger partial charge in [0.1, 0.15) is 11.5 Å². The van der Waals surface area contributed by atoms with E-state index < -0.39 is 0 Å². The third-order valence-electron chi connectivity index (χ3n) is 6.34. The summed E-state index contributed by atoms with van der Waals surface area (Å²) in [5, 5.41) is 12.5. The van der Waals surface area contributed by atoms with E-state index in [9.17, 15) is 0 Å². The third kappa shape index (κ3) is 8.06. The van der Waals surface area contributed by atoms with Crippen molar-refractivity contribution in [2.45, 2.75) is 45.2 Å². The lowest BCUT2D eigenvalue weighted by Gasteiger charge is -2.35. The van der Waals surface area contributed by atoms with Gasteiger partial charge in [0.05, 0.1) is 39.1 Å². The molecule has 0 saturated heterocycles. The molecule has 8 nitrogen and oxygen atoms in total. The van der Waals surface area contributed by atoms with E-state index in [1.165, 1.54) is 11.8 Å².